The molecule has 0 aromatic rings. The lowest BCUT2D eigenvalue weighted by Gasteiger charge is -2.56. The number of carbonyl (C=O) groups excluding carboxylic acids is 2. The molecule has 8 fully saturated rings. The highest BCUT2D eigenvalue weighted by Gasteiger charge is 2.53. The van der Waals surface area contributed by atoms with Crippen molar-refractivity contribution in [3.8, 4) is 0 Å². The maximum absolute atomic E-state index is 12.4. The number of unbranched alkanes of at least 4 members (excludes halogenated alkanes) is 1. The van der Waals surface area contributed by atoms with Gasteiger partial charge in [0.25, 0.3) is 0 Å². The Morgan fingerprint density at radius 3 is 1.14 bits per heavy atom. The number of rotatable bonds is 9. The van der Waals surface area contributed by atoms with Crippen molar-refractivity contribution in [3.63, 3.8) is 0 Å². The summed E-state index contributed by atoms with van der Waals surface area (Å²) in [5, 5.41) is 9.15. The Hall–Kier alpha value is -1.72. The van der Waals surface area contributed by atoms with Crippen LogP contribution in [0.2, 0.25) is 0 Å². The van der Waals surface area contributed by atoms with E-state index in [1.807, 2.05) is 0 Å². The number of hydrazone groups is 2. The van der Waals surface area contributed by atoms with E-state index in [4.69, 9.17) is 0 Å². The second-order valence-corrected chi connectivity index (χ2v) is 14.1. The van der Waals surface area contributed by atoms with Crippen molar-refractivity contribution in [2.24, 2.45) is 56.5 Å². The van der Waals surface area contributed by atoms with Crippen LogP contribution in [0.4, 0.5) is 0 Å². The Labute approximate surface area is 216 Å². The fourth-order valence-electron chi connectivity index (χ4n) is 10.3. The van der Waals surface area contributed by atoms with Gasteiger partial charge in [-0.2, -0.15) is 10.2 Å². The van der Waals surface area contributed by atoms with Gasteiger partial charge in [0.1, 0.15) is 0 Å². The highest BCUT2D eigenvalue weighted by atomic mass is 16.2. The molecule has 6 nitrogen and oxygen atoms in total. The SMILES string of the molecule is CC(=NNC(=O)CCCCC(=O)NN=C(C)C12CC3CC(CC(C3)C1)C2)C12CC3CC(CC(C3)C1)C2. The van der Waals surface area contributed by atoms with Gasteiger partial charge in [-0.1, -0.05) is 0 Å². The van der Waals surface area contributed by atoms with E-state index in [0.29, 0.717) is 25.7 Å². The third-order valence-electron chi connectivity index (χ3n) is 11.4. The molecule has 8 aliphatic carbocycles. The predicted molar refractivity (Wildman–Crippen MR) is 142 cm³/mol. The monoisotopic (exact) mass is 494 g/mol. The van der Waals surface area contributed by atoms with Crippen molar-refractivity contribution in [2.45, 2.75) is 117 Å². The van der Waals surface area contributed by atoms with Crippen LogP contribution in [0.15, 0.2) is 10.2 Å². The van der Waals surface area contributed by atoms with Gasteiger partial charge in [-0.15, -0.1) is 0 Å². The first-order valence-electron chi connectivity index (χ1n) is 15.0. The molecule has 2 N–H and O–H groups in total. The molecule has 6 heteroatoms. The fraction of sp³-hybridized carbons (Fsp3) is 0.867. The van der Waals surface area contributed by atoms with Crippen molar-refractivity contribution in [1.82, 2.24) is 10.9 Å². The maximum atomic E-state index is 12.4. The van der Waals surface area contributed by atoms with E-state index >= 15 is 0 Å². The molecule has 0 aliphatic heterocycles. The van der Waals surface area contributed by atoms with Crippen LogP contribution in [0.25, 0.3) is 0 Å². The van der Waals surface area contributed by atoms with Crippen LogP contribution >= 0.6 is 0 Å². The van der Waals surface area contributed by atoms with Crippen molar-refractivity contribution < 1.29 is 9.59 Å². The van der Waals surface area contributed by atoms with Crippen LogP contribution in [0.1, 0.15) is 117 Å². The molecule has 2 amide bonds. The van der Waals surface area contributed by atoms with Gasteiger partial charge in [-0.3, -0.25) is 9.59 Å². The minimum absolute atomic E-state index is 0.0323. The van der Waals surface area contributed by atoms with Crippen molar-refractivity contribution in [3.05, 3.63) is 0 Å². The van der Waals surface area contributed by atoms with Gasteiger partial charge in [0.15, 0.2) is 0 Å². The first kappa shape index (κ1) is 24.6. The van der Waals surface area contributed by atoms with Gasteiger partial charge >= 0.3 is 0 Å². The van der Waals surface area contributed by atoms with E-state index in [9.17, 15) is 9.59 Å². The highest BCUT2D eigenvalue weighted by Crippen LogP contribution is 2.61. The largest absolute Gasteiger partial charge is 0.273 e. The zero-order valence-corrected chi connectivity index (χ0v) is 22.5. The minimum atomic E-state index is -0.0323. The predicted octanol–water partition coefficient (Wildman–Crippen LogP) is 5.96. The number of nitrogens with one attached hydrogen (secondary N) is 2. The summed E-state index contributed by atoms with van der Waals surface area (Å²) in [5.74, 6) is 5.21. The Morgan fingerprint density at radius 2 is 0.861 bits per heavy atom. The second-order valence-electron chi connectivity index (χ2n) is 14.1. The van der Waals surface area contributed by atoms with Crippen LogP contribution in [-0.2, 0) is 9.59 Å². The van der Waals surface area contributed by atoms with Crippen molar-refractivity contribution in [2.75, 3.05) is 0 Å². The number of amides is 2. The summed E-state index contributed by atoms with van der Waals surface area (Å²) in [6.45, 7) is 4.26. The number of hydrogen-bond donors (Lipinski definition) is 2. The molecule has 198 valence electrons. The summed E-state index contributed by atoms with van der Waals surface area (Å²) in [7, 11) is 0. The molecular formula is C30H46N4O2. The van der Waals surface area contributed by atoms with Gasteiger partial charge in [0.05, 0.1) is 0 Å². The van der Waals surface area contributed by atoms with E-state index in [1.165, 1.54) is 77.0 Å². The molecule has 0 saturated heterocycles. The molecule has 0 spiro atoms. The topological polar surface area (TPSA) is 82.9 Å². The van der Waals surface area contributed by atoms with Crippen LogP contribution in [-0.4, -0.2) is 23.2 Å². The van der Waals surface area contributed by atoms with Crippen LogP contribution in [0.5, 0.6) is 0 Å². The average molecular weight is 495 g/mol. The fourth-order valence-corrected chi connectivity index (χ4v) is 10.3. The van der Waals surface area contributed by atoms with E-state index < -0.39 is 0 Å². The quantitative estimate of drug-likeness (QED) is 0.235. The Kier molecular flexibility index (Phi) is 6.52. The van der Waals surface area contributed by atoms with E-state index in [2.05, 4.69) is 34.9 Å². The molecule has 0 atom stereocenters. The third-order valence-corrected chi connectivity index (χ3v) is 11.4. The van der Waals surface area contributed by atoms with Gasteiger partial charge in [-0.25, -0.2) is 10.9 Å². The van der Waals surface area contributed by atoms with E-state index in [1.54, 1.807) is 0 Å². The van der Waals surface area contributed by atoms with Gasteiger partial charge in [0, 0.05) is 35.1 Å². The molecule has 0 aromatic heterocycles. The summed E-state index contributed by atoms with van der Waals surface area (Å²) in [4.78, 5) is 24.8. The van der Waals surface area contributed by atoms with Gasteiger partial charge in [-0.05, 0) is 139 Å². The molecule has 8 saturated carbocycles. The van der Waals surface area contributed by atoms with Crippen molar-refractivity contribution >= 4 is 23.2 Å². The van der Waals surface area contributed by atoms with E-state index in [-0.39, 0.29) is 22.6 Å². The number of nitrogens with zero attached hydrogens (tertiary/aromatic N) is 2. The average Bonchev–Trinajstić information content (AvgIpc) is 2.82. The smallest absolute Gasteiger partial charge is 0.240 e. The van der Waals surface area contributed by atoms with Crippen LogP contribution in [0.3, 0.4) is 0 Å². The van der Waals surface area contributed by atoms with Crippen LogP contribution in [0, 0.1) is 46.3 Å². The molecule has 36 heavy (non-hydrogen) atoms. The normalized spacial score (nSPS) is 42.6. The molecule has 8 bridgehead atoms. The lowest BCUT2D eigenvalue weighted by Crippen LogP contribution is -2.49. The number of carbonyl (C=O) groups is 2. The summed E-state index contributed by atoms with van der Waals surface area (Å²) in [6, 6.07) is 0. The Balaban J connectivity index is 0.908. The standard InChI is InChI=1S/C30H46N4O2/c1-19(29-13-21-7-22(14-29)9-23(8-21)15-29)31-33-27(35)5-3-4-6-28(36)34-32-20(2)30-16-24-10-25(17-30)12-26(11-24)18-30/h21-26H,3-18H2,1-2H3,(H,33,35)(H,34,36). The highest BCUT2D eigenvalue weighted by molar-refractivity contribution is 5.90. The summed E-state index contributed by atoms with van der Waals surface area (Å²) < 4.78 is 0. The molecule has 0 aromatic carbocycles. The van der Waals surface area contributed by atoms with E-state index in [0.717, 1.165) is 46.9 Å². The van der Waals surface area contributed by atoms with Crippen molar-refractivity contribution in [1.29, 1.82) is 0 Å². The molecular weight excluding hydrogens is 448 g/mol. The third kappa shape index (κ3) is 4.78. The van der Waals surface area contributed by atoms with Crippen LogP contribution < -0.4 is 10.9 Å². The Morgan fingerprint density at radius 1 is 0.583 bits per heavy atom. The lowest BCUT2D eigenvalue weighted by atomic mass is 9.48. The molecule has 8 aliphatic rings. The zero-order chi connectivity index (χ0) is 24.9. The summed E-state index contributed by atoms with van der Waals surface area (Å²) >= 11 is 0. The first-order chi connectivity index (χ1) is 17.3. The number of hydrogen-bond acceptors (Lipinski definition) is 4. The molecule has 0 radical (unpaired) electrons. The summed E-state index contributed by atoms with van der Waals surface area (Å²) in [5.41, 5.74) is 8.42. The molecule has 8 rings (SSSR count). The molecule has 0 unspecified atom stereocenters. The first-order valence-corrected chi connectivity index (χ1v) is 15.0. The molecule has 0 heterocycles. The maximum Gasteiger partial charge on any atom is 0.240 e. The van der Waals surface area contributed by atoms with Gasteiger partial charge in [0.2, 0.25) is 11.8 Å². The second kappa shape index (κ2) is 9.54. The van der Waals surface area contributed by atoms with Gasteiger partial charge < -0.3 is 0 Å². The summed E-state index contributed by atoms with van der Waals surface area (Å²) in [6.07, 6.45) is 18.3. The minimum Gasteiger partial charge on any atom is -0.273 e. The Bertz CT molecular complexity index is 804. The lowest BCUT2D eigenvalue weighted by molar-refractivity contribution is -0.123. The zero-order valence-electron chi connectivity index (χ0n) is 22.5.